The van der Waals surface area contributed by atoms with Gasteiger partial charge >= 0.3 is 0 Å². The highest BCUT2D eigenvalue weighted by molar-refractivity contribution is 9.10. The largest absolute Gasteiger partial charge is 0.319 e. The second-order valence-corrected chi connectivity index (χ2v) is 7.30. The van der Waals surface area contributed by atoms with Crippen LogP contribution in [0.1, 0.15) is 11.1 Å². The summed E-state index contributed by atoms with van der Waals surface area (Å²) in [6, 6.07) is 20.2. The van der Waals surface area contributed by atoms with Crippen LogP contribution in [-0.4, -0.2) is 9.55 Å². The van der Waals surface area contributed by atoms with E-state index in [-0.39, 0.29) is 0 Å². The quantitative estimate of drug-likeness (QED) is 0.464. The first kappa shape index (κ1) is 15.1. The molecule has 2 heterocycles. The molecule has 0 aliphatic heterocycles. The Labute approximate surface area is 151 Å². The maximum atomic E-state index is 8.95. The topological polar surface area (TPSA) is 41.6 Å². The Morgan fingerprint density at radius 1 is 1.12 bits per heavy atom. The fraction of sp³-hybridized carbons (Fsp3) is 0.0526. The van der Waals surface area contributed by atoms with Crippen molar-refractivity contribution < 1.29 is 0 Å². The van der Waals surface area contributed by atoms with Crippen LogP contribution in [0.25, 0.3) is 21.7 Å². The predicted molar refractivity (Wildman–Crippen MR) is 101 cm³/mol. The van der Waals surface area contributed by atoms with Gasteiger partial charge in [0.05, 0.1) is 27.5 Å². The van der Waals surface area contributed by atoms with E-state index in [0.29, 0.717) is 5.56 Å². The highest BCUT2D eigenvalue weighted by Gasteiger charge is 2.14. The molecule has 0 radical (unpaired) electrons. The molecule has 0 amide bonds. The van der Waals surface area contributed by atoms with E-state index in [1.807, 2.05) is 42.5 Å². The van der Waals surface area contributed by atoms with Crippen molar-refractivity contribution in [3.63, 3.8) is 0 Å². The molecule has 4 rings (SSSR count). The molecule has 0 spiro atoms. The van der Waals surface area contributed by atoms with Gasteiger partial charge in [0.2, 0.25) is 0 Å². The number of imidazole rings is 1. The molecule has 0 bridgehead atoms. The van der Waals surface area contributed by atoms with Gasteiger partial charge in [0.1, 0.15) is 0 Å². The average molecular weight is 394 g/mol. The number of fused-ring (bicyclic) bond motifs is 1. The zero-order valence-corrected chi connectivity index (χ0v) is 15.0. The van der Waals surface area contributed by atoms with E-state index in [1.165, 1.54) is 0 Å². The van der Waals surface area contributed by atoms with Crippen molar-refractivity contribution >= 4 is 38.3 Å². The van der Waals surface area contributed by atoms with E-state index >= 15 is 0 Å². The van der Waals surface area contributed by atoms with E-state index in [4.69, 9.17) is 10.2 Å². The van der Waals surface area contributed by atoms with Crippen molar-refractivity contribution in [3.8, 4) is 16.8 Å². The number of aromatic nitrogens is 2. The number of rotatable bonds is 3. The van der Waals surface area contributed by atoms with Crippen LogP contribution < -0.4 is 0 Å². The first-order valence-electron chi connectivity index (χ1n) is 7.43. The van der Waals surface area contributed by atoms with Gasteiger partial charge in [-0.3, -0.25) is 0 Å². The predicted octanol–water partition coefficient (Wildman–Crippen LogP) is 5.45. The monoisotopic (exact) mass is 393 g/mol. The van der Waals surface area contributed by atoms with E-state index < -0.39 is 0 Å². The molecule has 3 nitrogen and oxygen atoms in total. The van der Waals surface area contributed by atoms with Gasteiger partial charge < -0.3 is 4.57 Å². The molecule has 2 aromatic carbocycles. The molecule has 5 heteroatoms. The summed E-state index contributed by atoms with van der Waals surface area (Å²) in [5, 5.41) is 11.0. The Morgan fingerprint density at radius 3 is 2.67 bits per heavy atom. The van der Waals surface area contributed by atoms with Crippen LogP contribution in [0.5, 0.6) is 0 Å². The maximum Gasteiger partial charge on any atom is 0.151 e. The lowest BCUT2D eigenvalue weighted by atomic mass is 10.1. The summed E-state index contributed by atoms with van der Waals surface area (Å²) in [6.07, 6.45) is 0. The van der Waals surface area contributed by atoms with E-state index in [9.17, 15) is 0 Å². The minimum Gasteiger partial charge on any atom is -0.319 e. The number of thiophene rings is 1. The van der Waals surface area contributed by atoms with Crippen molar-refractivity contribution in [1.29, 1.82) is 5.26 Å². The zero-order valence-electron chi connectivity index (χ0n) is 12.6. The van der Waals surface area contributed by atoms with Gasteiger partial charge in [-0.15, -0.1) is 11.3 Å². The molecule has 0 saturated heterocycles. The van der Waals surface area contributed by atoms with Gasteiger partial charge in [0, 0.05) is 11.0 Å². The van der Waals surface area contributed by atoms with Gasteiger partial charge in [0.15, 0.2) is 5.82 Å². The number of benzene rings is 2. The Balaban J connectivity index is 1.85. The van der Waals surface area contributed by atoms with Crippen molar-refractivity contribution in [2.75, 3.05) is 0 Å². The molecular weight excluding hydrogens is 382 g/mol. The van der Waals surface area contributed by atoms with Crippen LogP contribution in [-0.2, 0) is 6.54 Å². The van der Waals surface area contributed by atoms with Gasteiger partial charge in [-0.2, -0.15) is 5.26 Å². The fourth-order valence-electron chi connectivity index (χ4n) is 2.72. The van der Waals surface area contributed by atoms with E-state index in [0.717, 1.165) is 38.3 Å². The number of halogens is 1. The molecule has 0 aliphatic rings. The molecule has 0 aliphatic carbocycles. The summed E-state index contributed by atoms with van der Waals surface area (Å²) < 4.78 is 3.25. The number of nitriles is 1. The number of nitrogens with zero attached hydrogens (tertiary/aromatic N) is 3. The Bertz CT molecular complexity index is 1040. The van der Waals surface area contributed by atoms with E-state index in [1.54, 1.807) is 11.3 Å². The van der Waals surface area contributed by atoms with Gasteiger partial charge in [-0.25, -0.2) is 4.98 Å². The molecule has 24 heavy (non-hydrogen) atoms. The standard InChI is InChI=1S/C19H12BrN3S/c20-15-7-8-17-16(10-15)22-19(18-2-1-9-24-18)23(17)12-14-5-3-13(11-21)4-6-14/h1-10H,12H2. The molecule has 0 saturated carbocycles. The van der Waals surface area contributed by atoms with Crippen LogP contribution in [0.2, 0.25) is 0 Å². The first-order valence-corrected chi connectivity index (χ1v) is 9.10. The van der Waals surface area contributed by atoms with Crippen molar-refractivity contribution in [3.05, 3.63) is 75.6 Å². The minimum absolute atomic E-state index is 0.677. The second kappa shape index (κ2) is 6.23. The third-order valence-electron chi connectivity index (χ3n) is 3.88. The van der Waals surface area contributed by atoms with Crippen molar-refractivity contribution in [2.24, 2.45) is 0 Å². The molecule has 2 aromatic heterocycles. The zero-order chi connectivity index (χ0) is 16.5. The number of hydrogen-bond acceptors (Lipinski definition) is 3. The highest BCUT2D eigenvalue weighted by atomic mass is 79.9. The molecular formula is C19H12BrN3S. The van der Waals surface area contributed by atoms with Crippen molar-refractivity contribution in [1.82, 2.24) is 9.55 Å². The SMILES string of the molecule is N#Cc1ccc(Cn2c(-c3cccs3)nc3cc(Br)ccc32)cc1. The molecule has 4 aromatic rings. The lowest BCUT2D eigenvalue weighted by Crippen LogP contribution is -2.01. The smallest absolute Gasteiger partial charge is 0.151 e. The number of hydrogen-bond donors (Lipinski definition) is 0. The van der Waals surface area contributed by atoms with Crippen LogP contribution in [0.15, 0.2) is 64.5 Å². The third kappa shape index (κ3) is 2.75. The highest BCUT2D eigenvalue weighted by Crippen LogP contribution is 2.30. The van der Waals surface area contributed by atoms with Crippen LogP contribution >= 0.6 is 27.3 Å². The summed E-state index contributed by atoms with van der Waals surface area (Å²) in [4.78, 5) is 5.99. The summed E-state index contributed by atoms with van der Waals surface area (Å²) >= 11 is 5.21. The summed E-state index contributed by atoms with van der Waals surface area (Å²) in [7, 11) is 0. The van der Waals surface area contributed by atoms with Crippen LogP contribution in [0, 0.1) is 11.3 Å². The van der Waals surface area contributed by atoms with E-state index in [2.05, 4.69) is 44.1 Å². The van der Waals surface area contributed by atoms with Crippen LogP contribution in [0.3, 0.4) is 0 Å². The normalized spacial score (nSPS) is 10.8. The molecule has 0 unspecified atom stereocenters. The Hall–Kier alpha value is -2.42. The second-order valence-electron chi connectivity index (χ2n) is 5.44. The Kier molecular flexibility index (Phi) is 3.93. The third-order valence-corrected chi connectivity index (χ3v) is 5.23. The van der Waals surface area contributed by atoms with Crippen molar-refractivity contribution in [2.45, 2.75) is 6.54 Å². The summed E-state index contributed by atoms with van der Waals surface area (Å²) in [5.41, 5.74) is 3.90. The molecule has 0 N–H and O–H groups in total. The lowest BCUT2D eigenvalue weighted by molar-refractivity contribution is 0.836. The lowest BCUT2D eigenvalue weighted by Gasteiger charge is -2.09. The molecule has 116 valence electrons. The average Bonchev–Trinajstić information content (AvgIpc) is 3.23. The summed E-state index contributed by atoms with van der Waals surface area (Å²) in [6.45, 7) is 0.719. The fourth-order valence-corrected chi connectivity index (χ4v) is 3.80. The molecule has 0 atom stereocenters. The maximum absolute atomic E-state index is 8.95. The van der Waals surface area contributed by atoms with Gasteiger partial charge in [0.25, 0.3) is 0 Å². The van der Waals surface area contributed by atoms with Crippen LogP contribution in [0.4, 0.5) is 0 Å². The van der Waals surface area contributed by atoms with Gasteiger partial charge in [-0.05, 0) is 47.3 Å². The minimum atomic E-state index is 0.677. The Morgan fingerprint density at radius 2 is 1.96 bits per heavy atom. The van der Waals surface area contributed by atoms with Gasteiger partial charge in [-0.1, -0.05) is 34.1 Å². The molecule has 0 fully saturated rings. The summed E-state index contributed by atoms with van der Waals surface area (Å²) in [5.74, 6) is 0.974. The first-order chi connectivity index (χ1) is 11.7.